The molecule has 2 aromatic heterocycles. The Hall–Kier alpha value is -2.17. The van der Waals surface area contributed by atoms with E-state index in [-0.39, 0.29) is 5.91 Å². The van der Waals surface area contributed by atoms with E-state index in [0.717, 1.165) is 42.2 Å². The van der Waals surface area contributed by atoms with Crippen molar-refractivity contribution in [2.45, 2.75) is 38.5 Å². The lowest BCUT2D eigenvalue weighted by atomic mass is 10.1. The standard InChI is InChI=1S/C16H18N4O/c1-10-12(6-7-13(18-10)11-4-5-11)16(21)20-8-2-3-14-15(20)9-17-19-14/h6-7,9,11H,2-5,8H2,1H3,(H,17,19). The van der Waals surface area contributed by atoms with Crippen molar-refractivity contribution < 1.29 is 4.79 Å². The van der Waals surface area contributed by atoms with E-state index in [2.05, 4.69) is 15.2 Å². The molecule has 5 heteroatoms. The Morgan fingerprint density at radius 3 is 3.00 bits per heavy atom. The minimum absolute atomic E-state index is 0.0321. The van der Waals surface area contributed by atoms with Crippen molar-refractivity contribution in [2.24, 2.45) is 0 Å². The van der Waals surface area contributed by atoms with Gasteiger partial charge >= 0.3 is 0 Å². The van der Waals surface area contributed by atoms with Crippen LogP contribution < -0.4 is 4.90 Å². The lowest BCUT2D eigenvalue weighted by molar-refractivity contribution is 0.0984. The minimum atomic E-state index is 0.0321. The molecule has 0 spiro atoms. The van der Waals surface area contributed by atoms with Crippen LogP contribution in [0.2, 0.25) is 0 Å². The Morgan fingerprint density at radius 2 is 2.24 bits per heavy atom. The van der Waals surface area contributed by atoms with Gasteiger partial charge in [-0.25, -0.2) is 0 Å². The molecule has 1 fully saturated rings. The summed E-state index contributed by atoms with van der Waals surface area (Å²) in [5.41, 5.74) is 4.63. The van der Waals surface area contributed by atoms with Gasteiger partial charge in [-0.15, -0.1) is 0 Å². The van der Waals surface area contributed by atoms with Gasteiger partial charge in [0.25, 0.3) is 5.91 Å². The highest BCUT2D eigenvalue weighted by atomic mass is 16.2. The van der Waals surface area contributed by atoms with Crippen LogP contribution in [0.1, 0.15) is 52.6 Å². The zero-order chi connectivity index (χ0) is 14.4. The first kappa shape index (κ1) is 12.6. The molecule has 2 aromatic rings. The molecule has 0 saturated heterocycles. The van der Waals surface area contributed by atoms with Crippen LogP contribution in [-0.2, 0) is 6.42 Å². The summed E-state index contributed by atoms with van der Waals surface area (Å²) in [5, 5.41) is 7.04. The average molecular weight is 282 g/mol. The topological polar surface area (TPSA) is 61.9 Å². The number of fused-ring (bicyclic) bond motifs is 1. The van der Waals surface area contributed by atoms with Gasteiger partial charge in [-0.1, -0.05) is 0 Å². The maximum Gasteiger partial charge on any atom is 0.260 e. The number of nitrogens with zero attached hydrogens (tertiary/aromatic N) is 3. The summed E-state index contributed by atoms with van der Waals surface area (Å²) in [6.07, 6.45) is 6.12. The molecule has 3 heterocycles. The molecule has 4 rings (SSSR count). The Balaban J connectivity index is 1.66. The number of carbonyl (C=O) groups excluding carboxylic acids is 1. The number of anilines is 1. The summed E-state index contributed by atoms with van der Waals surface area (Å²) < 4.78 is 0. The van der Waals surface area contributed by atoms with Gasteiger partial charge in [0.05, 0.1) is 28.8 Å². The predicted molar refractivity (Wildman–Crippen MR) is 79.5 cm³/mol. The highest BCUT2D eigenvalue weighted by Crippen LogP contribution is 2.39. The molecule has 0 aromatic carbocycles. The van der Waals surface area contributed by atoms with Crippen LogP contribution in [0.3, 0.4) is 0 Å². The number of H-pyrrole nitrogens is 1. The number of aromatic nitrogens is 3. The van der Waals surface area contributed by atoms with Crippen molar-refractivity contribution in [1.29, 1.82) is 0 Å². The number of aryl methyl sites for hydroxylation is 2. The van der Waals surface area contributed by atoms with Crippen molar-refractivity contribution in [1.82, 2.24) is 15.2 Å². The summed E-state index contributed by atoms with van der Waals surface area (Å²) in [4.78, 5) is 19.3. The van der Waals surface area contributed by atoms with Crippen LogP contribution in [0, 0.1) is 6.92 Å². The number of rotatable bonds is 2. The molecule has 5 nitrogen and oxygen atoms in total. The smallest absolute Gasteiger partial charge is 0.260 e. The maximum atomic E-state index is 12.8. The second kappa shape index (κ2) is 4.69. The zero-order valence-electron chi connectivity index (χ0n) is 12.1. The van der Waals surface area contributed by atoms with Gasteiger partial charge < -0.3 is 4.90 Å². The monoisotopic (exact) mass is 282 g/mol. The third kappa shape index (κ3) is 2.13. The molecule has 21 heavy (non-hydrogen) atoms. The predicted octanol–water partition coefficient (Wildman–Crippen LogP) is 2.58. The van der Waals surface area contributed by atoms with Crippen LogP contribution >= 0.6 is 0 Å². The maximum absolute atomic E-state index is 12.8. The molecule has 0 atom stereocenters. The molecule has 1 aliphatic carbocycles. The van der Waals surface area contributed by atoms with E-state index >= 15 is 0 Å². The molecule has 0 radical (unpaired) electrons. The van der Waals surface area contributed by atoms with Crippen LogP contribution in [0.4, 0.5) is 5.69 Å². The highest BCUT2D eigenvalue weighted by molar-refractivity contribution is 6.07. The highest BCUT2D eigenvalue weighted by Gasteiger charge is 2.28. The van der Waals surface area contributed by atoms with E-state index in [9.17, 15) is 4.79 Å². The van der Waals surface area contributed by atoms with E-state index in [1.54, 1.807) is 6.20 Å². The number of hydrogen-bond acceptors (Lipinski definition) is 3. The van der Waals surface area contributed by atoms with Gasteiger partial charge in [0.15, 0.2) is 0 Å². The molecular formula is C16H18N4O. The minimum Gasteiger partial charge on any atom is -0.305 e. The van der Waals surface area contributed by atoms with Gasteiger partial charge in [-0.3, -0.25) is 14.9 Å². The van der Waals surface area contributed by atoms with Gasteiger partial charge in [0, 0.05) is 18.2 Å². The van der Waals surface area contributed by atoms with Crippen LogP contribution in [0.5, 0.6) is 0 Å². The van der Waals surface area contributed by atoms with Crippen LogP contribution in [-0.4, -0.2) is 27.6 Å². The third-order valence-corrected chi connectivity index (χ3v) is 4.37. The van der Waals surface area contributed by atoms with E-state index in [0.29, 0.717) is 11.5 Å². The number of hydrogen-bond donors (Lipinski definition) is 1. The normalized spacial score (nSPS) is 17.7. The molecule has 1 amide bonds. The van der Waals surface area contributed by atoms with Gasteiger partial charge in [-0.05, 0) is 44.7 Å². The Bertz CT molecular complexity index is 702. The zero-order valence-corrected chi connectivity index (χ0v) is 12.1. The Morgan fingerprint density at radius 1 is 1.38 bits per heavy atom. The second-order valence-corrected chi connectivity index (χ2v) is 5.94. The summed E-state index contributed by atoms with van der Waals surface area (Å²) in [6.45, 7) is 2.68. The molecule has 2 aliphatic rings. The number of aromatic amines is 1. The average Bonchev–Trinajstić information content (AvgIpc) is 3.23. The lowest BCUT2D eigenvalue weighted by Gasteiger charge is -2.26. The first-order valence-electron chi connectivity index (χ1n) is 7.55. The van der Waals surface area contributed by atoms with Crippen LogP contribution in [0.15, 0.2) is 18.3 Å². The van der Waals surface area contributed by atoms with Crippen molar-refractivity contribution in [3.05, 3.63) is 41.0 Å². The molecule has 0 unspecified atom stereocenters. The summed E-state index contributed by atoms with van der Waals surface area (Å²) >= 11 is 0. The largest absolute Gasteiger partial charge is 0.305 e. The molecule has 108 valence electrons. The lowest BCUT2D eigenvalue weighted by Crippen LogP contribution is -2.35. The van der Waals surface area contributed by atoms with Gasteiger partial charge in [0.1, 0.15) is 0 Å². The summed E-state index contributed by atoms with van der Waals surface area (Å²) in [6, 6.07) is 3.95. The Labute approximate surface area is 123 Å². The van der Waals surface area contributed by atoms with E-state index in [4.69, 9.17) is 0 Å². The number of pyridine rings is 1. The van der Waals surface area contributed by atoms with Gasteiger partial charge in [0.2, 0.25) is 0 Å². The Kier molecular flexibility index (Phi) is 2.80. The fraction of sp³-hybridized carbons (Fsp3) is 0.438. The van der Waals surface area contributed by atoms with Crippen molar-refractivity contribution >= 4 is 11.6 Å². The van der Waals surface area contributed by atoms with E-state index in [1.807, 2.05) is 24.0 Å². The number of carbonyl (C=O) groups is 1. The first-order valence-corrected chi connectivity index (χ1v) is 7.55. The fourth-order valence-corrected chi connectivity index (χ4v) is 3.03. The molecule has 0 bridgehead atoms. The van der Waals surface area contributed by atoms with Crippen LogP contribution in [0.25, 0.3) is 0 Å². The molecule has 1 aliphatic heterocycles. The SMILES string of the molecule is Cc1nc(C2CC2)ccc1C(=O)N1CCCc2[nH]ncc21. The summed E-state index contributed by atoms with van der Waals surface area (Å²) in [5.74, 6) is 0.646. The molecular weight excluding hydrogens is 264 g/mol. The van der Waals surface area contributed by atoms with Crippen molar-refractivity contribution in [3.63, 3.8) is 0 Å². The third-order valence-electron chi connectivity index (χ3n) is 4.37. The van der Waals surface area contributed by atoms with Crippen molar-refractivity contribution in [2.75, 3.05) is 11.4 Å². The van der Waals surface area contributed by atoms with E-state index in [1.165, 1.54) is 12.8 Å². The van der Waals surface area contributed by atoms with Crippen molar-refractivity contribution in [3.8, 4) is 0 Å². The number of amides is 1. The molecule has 1 saturated carbocycles. The summed E-state index contributed by atoms with van der Waals surface area (Å²) in [7, 11) is 0. The fourth-order valence-electron chi connectivity index (χ4n) is 3.03. The number of nitrogens with one attached hydrogen (secondary N) is 1. The molecule has 1 N–H and O–H groups in total. The van der Waals surface area contributed by atoms with Gasteiger partial charge in [-0.2, -0.15) is 5.10 Å². The quantitative estimate of drug-likeness (QED) is 0.921. The first-order chi connectivity index (χ1) is 10.2. The second-order valence-electron chi connectivity index (χ2n) is 5.94. The van der Waals surface area contributed by atoms with E-state index < -0.39 is 0 Å².